The van der Waals surface area contributed by atoms with Crippen molar-refractivity contribution in [1.82, 2.24) is 9.88 Å². The van der Waals surface area contributed by atoms with Crippen LogP contribution >= 0.6 is 23.7 Å². The Morgan fingerprint density at radius 2 is 1.75 bits per heavy atom. The third-order valence-corrected chi connectivity index (χ3v) is 7.03. The molecule has 7 heteroatoms. The number of ether oxygens (including phenoxy) is 1. The highest BCUT2D eigenvalue weighted by molar-refractivity contribution is 7.22. The number of aromatic nitrogens is 1. The first-order chi connectivity index (χ1) is 14.9. The lowest BCUT2D eigenvalue weighted by atomic mass is 10.0. The number of anilines is 1. The van der Waals surface area contributed by atoms with Gasteiger partial charge in [-0.1, -0.05) is 55.0 Å². The van der Waals surface area contributed by atoms with Gasteiger partial charge >= 0.3 is 0 Å². The molecule has 0 saturated heterocycles. The minimum absolute atomic E-state index is 0. The minimum Gasteiger partial charge on any atom is -0.494 e. The molecule has 0 unspecified atom stereocenters. The van der Waals surface area contributed by atoms with Crippen molar-refractivity contribution in [1.29, 1.82) is 0 Å². The molecule has 0 aliphatic heterocycles. The van der Waals surface area contributed by atoms with Crippen molar-refractivity contribution in [3.63, 3.8) is 0 Å². The van der Waals surface area contributed by atoms with Crippen molar-refractivity contribution in [3.8, 4) is 5.75 Å². The van der Waals surface area contributed by atoms with E-state index in [9.17, 15) is 4.79 Å². The predicted octanol–water partition coefficient (Wildman–Crippen LogP) is 5.57. The molecule has 32 heavy (non-hydrogen) atoms. The molecular weight excluding hydrogens is 442 g/mol. The largest absolute Gasteiger partial charge is 0.494 e. The molecule has 1 heterocycles. The summed E-state index contributed by atoms with van der Waals surface area (Å²) in [5.74, 6) is 0.823. The highest BCUT2D eigenvalue weighted by Crippen LogP contribution is 2.36. The van der Waals surface area contributed by atoms with E-state index in [1.165, 1.54) is 5.56 Å². The quantitative estimate of drug-likeness (QED) is 0.406. The maximum Gasteiger partial charge on any atom is 0.233 e. The Labute approximate surface area is 201 Å². The van der Waals surface area contributed by atoms with Crippen LogP contribution in [-0.4, -0.2) is 49.1 Å². The van der Waals surface area contributed by atoms with Crippen LogP contribution in [0.1, 0.15) is 36.1 Å². The highest BCUT2D eigenvalue weighted by atomic mass is 35.5. The summed E-state index contributed by atoms with van der Waals surface area (Å²) in [4.78, 5) is 22.5. The van der Waals surface area contributed by atoms with Crippen molar-refractivity contribution in [2.75, 3.05) is 38.2 Å². The molecule has 5 nitrogen and oxygen atoms in total. The standard InChI is InChI=1S/C25H33N3O2S.ClH/c1-7-27(8-2)13-14-28(22(29)16-20-11-9-17(3)15-19(20)5)25-26-23-21(30-6)12-10-18(4)24(23)31-25;/h9-12,15H,7-8,13-14,16H2,1-6H3;1H. The van der Waals surface area contributed by atoms with Crippen molar-refractivity contribution in [2.45, 2.75) is 41.0 Å². The second kappa shape index (κ2) is 11.6. The Balaban J connectivity index is 0.00000363. The third kappa shape index (κ3) is 5.80. The molecule has 0 bridgehead atoms. The molecule has 1 amide bonds. The van der Waals surface area contributed by atoms with Crippen molar-refractivity contribution < 1.29 is 9.53 Å². The molecule has 1 aromatic heterocycles. The number of methoxy groups -OCH3 is 1. The van der Waals surface area contributed by atoms with Gasteiger partial charge in [0.05, 0.1) is 18.2 Å². The number of nitrogens with zero attached hydrogens (tertiary/aromatic N) is 3. The van der Waals surface area contributed by atoms with Gasteiger partial charge in [0.25, 0.3) is 0 Å². The second-order valence-electron chi connectivity index (χ2n) is 7.94. The topological polar surface area (TPSA) is 45.7 Å². The van der Waals surface area contributed by atoms with Gasteiger partial charge in [-0.3, -0.25) is 9.69 Å². The van der Waals surface area contributed by atoms with Crippen LogP contribution in [0.2, 0.25) is 0 Å². The molecule has 0 N–H and O–H groups in total. The Bertz CT molecular complexity index is 1060. The van der Waals surface area contributed by atoms with Crippen LogP contribution in [0.3, 0.4) is 0 Å². The molecule has 3 aromatic rings. The molecule has 0 aliphatic rings. The average molecular weight is 476 g/mol. The van der Waals surface area contributed by atoms with E-state index in [1.807, 2.05) is 17.0 Å². The number of likely N-dealkylation sites (N-methyl/N-ethyl adjacent to an activating group) is 1. The van der Waals surface area contributed by atoms with Gasteiger partial charge in [-0.25, -0.2) is 4.98 Å². The molecule has 3 rings (SSSR count). The summed E-state index contributed by atoms with van der Waals surface area (Å²) >= 11 is 1.57. The van der Waals surface area contributed by atoms with Gasteiger partial charge in [0, 0.05) is 13.1 Å². The van der Waals surface area contributed by atoms with E-state index in [-0.39, 0.29) is 18.3 Å². The number of fused-ring (bicyclic) bond motifs is 1. The number of aryl methyl sites for hydroxylation is 3. The van der Waals surface area contributed by atoms with E-state index >= 15 is 0 Å². The molecular formula is C25H34ClN3O2S. The number of thiazole rings is 1. The number of halogens is 1. The van der Waals surface area contributed by atoms with Gasteiger partial charge in [0.2, 0.25) is 5.91 Å². The molecule has 0 radical (unpaired) electrons. The normalized spacial score (nSPS) is 11.0. The predicted molar refractivity (Wildman–Crippen MR) is 138 cm³/mol. The van der Waals surface area contributed by atoms with Crippen LogP contribution < -0.4 is 9.64 Å². The molecule has 0 atom stereocenters. The van der Waals surface area contributed by atoms with Gasteiger partial charge < -0.3 is 9.64 Å². The first-order valence-corrected chi connectivity index (χ1v) is 11.7. The van der Waals surface area contributed by atoms with Gasteiger partial charge in [-0.15, -0.1) is 12.4 Å². The number of carbonyl (C=O) groups excluding carboxylic acids is 1. The summed E-state index contributed by atoms with van der Waals surface area (Å²) < 4.78 is 6.59. The van der Waals surface area contributed by atoms with Gasteiger partial charge in [0.1, 0.15) is 11.3 Å². The molecule has 0 spiro atoms. The zero-order chi connectivity index (χ0) is 22.5. The van der Waals surface area contributed by atoms with E-state index in [1.54, 1.807) is 18.4 Å². The number of hydrogen-bond donors (Lipinski definition) is 0. The first kappa shape index (κ1) is 26.1. The van der Waals surface area contributed by atoms with Gasteiger partial charge in [-0.05, 0) is 56.6 Å². The fourth-order valence-electron chi connectivity index (χ4n) is 3.79. The summed E-state index contributed by atoms with van der Waals surface area (Å²) in [6, 6.07) is 10.3. The Kier molecular flexibility index (Phi) is 9.49. The van der Waals surface area contributed by atoms with E-state index in [2.05, 4.69) is 57.7 Å². The Hall–Kier alpha value is -2.15. The summed E-state index contributed by atoms with van der Waals surface area (Å²) in [7, 11) is 1.66. The third-order valence-electron chi connectivity index (χ3n) is 5.82. The lowest BCUT2D eigenvalue weighted by Gasteiger charge is -2.25. The smallest absolute Gasteiger partial charge is 0.233 e. The van der Waals surface area contributed by atoms with E-state index in [0.29, 0.717) is 13.0 Å². The van der Waals surface area contributed by atoms with Crippen LogP contribution in [0, 0.1) is 20.8 Å². The molecule has 174 valence electrons. The van der Waals surface area contributed by atoms with Crippen LogP contribution in [0.25, 0.3) is 10.2 Å². The lowest BCUT2D eigenvalue weighted by Crippen LogP contribution is -2.39. The average Bonchev–Trinajstić information content (AvgIpc) is 3.19. The highest BCUT2D eigenvalue weighted by Gasteiger charge is 2.23. The fourth-order valence-corrected chi connectivity index (χ4v) is 4.88. The number of hydrogen-bond acceptors (Lipinski definition) is 5. The monoisotopic (exact) mass is 475 g/mol. The van der Waals surface area contributed by atoms with Crippen LogP contribution in [0.15, 0.2) is 30.3 Å². The summed E-state index contributed by atoms with van der Waals surface area (Å²) in [5, 5.41) is 0.740. The molecule has 0 aliphatic carbocycles. The Morgan fingerprint density at radius 1 is 1.03 bits per heavy atom. The van der Waals surface area contributed by atoms with Crippen molar-refractivity contribution in [2.24, 2.45) is 0 Å². The first-order valence-electron chi connectivity index (χ1n) is 10.9. The van der Waals surface area contributed by atoms with Crippen LogP contribution in [0.5, 0.6) is 5.75 Å². The van der Waals surface area contributed by atoms with Gasteiger partial charge in [-0.2, -0.15) is 0 Å². The molecule has 0 saturated carbocycles. The maximum absolute atomic E-state index is 13.5. The number of amides is 1. The number of benzene rings is 2. The Morgan fingerprint density at radius 3 is 2.38 bits per heavy atom. The summed E-state index contributed by atoms with van der Waals surface area (Å²) in [6.07, 6.45) is 0.371. The van der Waals surface area contributed by atoms with E-state index in [4.69, 9.17) is 9.72 Å². The van der Waals surface area contributed by atoms with E-state index in [0.717, 1.165) is 57.4 Å². The number of rotatable bonds is 9. The summed E-state index contributed by atoms with van der Waals surface area (Å²) in [5.41, 5.74) is 5.40. The van der Waals surface area contributed by atoms with Crippen LogP contribution in [-0.2, 0) is 11.2 Å². The molecule has 2 aromatic carbocycles. The second-order valence-corrected chi connectivity index (χ2v) is 8.92. The SMILES string of the molecule is CCN(CC)CCN(C(=O)Cc1ccc(C)cc1C)c1nc2c(OC)ccc(C)c2s1.Cl. The maximum atomic E-state index is 13.5. The number of carbonyl (C=O) groups is 1. The minimum atomic E-state index is 0. The lowest BCUT2D eigenvalue weighted by molar-refractivity contribution is -0.118. The molecule has 0 fully saturated rings. The van der Waals surface area contributed by atoms with E-state index < -0.39 is 0 Å². The zero-order valence-electron chi connectivity index (χ0n) is 19.9. The van der Waals surface area contributed by atoms with Crippen molar-refractivity contribution >= 4 is 45.0 Å². The van der Waals surface area contributed by atoms with Crippen LogP contribution in [0.4, 0.5) is 5.13 Å². The summed E-state index contributed by atoms with van der Waals surface area (Å²) in [6.45, 7) is 13.9. The zero-order valence-corrected chi connectivity index (χ0v) is 21.5. The van der Waals surface area contributed by atoms with Crippen molar-refractivity contribution in [3.05, 3.63) is 52.6 Å². The fraction of sp³-hybridized carbons (Fsp3) is 0.440. The van der Waals surface area contributed by atoms with Gasteiger partial charge in [0.15, 0.2) is 5.13 Å².